The van der Waals surface area contributed by atoms with Crippen LogP contribution in [-0.2, 0) is 5.41 Å². The maximum Gasteiger partial charge on any atom is 0.0753 e. The summed E-state index contributed by atoms with van der Waals surface area (Å²) >= 11 is 0. The zero-order valence-electron chi connectivity index (χ0n) is 14.5. The van der Waals surface area contributed by atoms with Crippen LogP contribution in [0.5, 0.6) is 0 Å². The van der Waals surface area contributed by atoms with Gasteiger partial charge in [-0.2, -0.15) is 0 Å². The number of anilines is 1. The van der Waals surface area contributed by atoms with Crippen molar-refractivity contribution in [2.75, 3.05) is 5.32 Å². The average molecular weight is 333 g/mol. The van der Waals surface area contributed by atoms with E-state index in [1.54, 1.807) is 0 Å². The molecule has 1 spiro atoms. The molecule has 1 aliphatic heterocycles. The Balaban J connectivity index is 2.03. The molecule has 1 N–H and O–H groups in total. The van der Waals surface area contributed by atoms with Crippen molar-refractivity contribution >= 4 is 5.69 Å². The van der Waals surface area contributed by atoms with Crippen LogP contribution in [0.3, 0.4) is 0 Å². The van der Waals surface area contributed by atoms with Crippen LogP contribution in [0.25, 0.3) is 11.1 Å². The maximum absolute atomic E-state index is 4.17. The van der Waals surface area contributed by atoms with Crippen molar-refractivity contribution in [3.05, 3.63) is 126 Å². The molecule has 0 bridgehead atoms. The van der Waals surface area contributed by atoms with Gasteiger partial charge < -0.3 is 5.32 Å². The molecule has 1 heteroatoms. The lowest BCUT2D eigenvalue weighted by Crippen LogP contribution is -2.34. The smallest absolute Gasteiger partial charge is 0.0753 e. The summed E-state index contributed by atoms with van der Waals surface area (Å²) in [7, 11) is 0. The molecule has 0 radical (unpaired) electrons. The maximum atomic E-state index is 4.17. The summed E-state index contributed by atoms with van der Waals surface area (Å²) in [4.78, 5) is 0. The number of nitrogens with one attached hydrogen (secondary N) is 1. The van der Waals surface area contributed by atoms with Crippen molar-refractivity contribution in [1.29, 1.82) is 0 Å². The van der Waals surface area contributed by atoms with E-state index in [9.17, 15) is 0 Å². The SMILES string of the molecule is C=CC1=C(C=C)C2(c3ccccc3N1)c1ccccc1-c1ccccc12. The van der Waals surface area contributed by atoms with Gasteiger partial charge in [0.2, 0.25) is 0 Å². The van der Waals surface area contributed by atoms with Gasteiger partial charge in [0.15, 0.2) is 0 Å². The first-order chi connectivity index (χ1) is 12.8. The largest absolute Gasteiger partial charge is 0.355 e. The minimum atomic E-state index is -0.361. The summed E-state index contributed by atoms with van der Waals surface area (Å²) in [5.41, 5.74) is 9.41. The van der Waals surface area contributed by atoms with Gasteiger partial charge in [0.25, 0.3) is 0 Å². The lowest BCUT2D eigenvalue weighted by Gasteiger charge is -2.40. The highest BCUT2D eigenvalue weighted by atomic mass is 14.9. The van der Waals surface area contributed by atoms with E-state index >= 15 is 0 Å². The van der Waals surface area contributed by atoms with Gasteiger partial charge >= 0.3 is 0 Å². The molecule has 5 rings (SSSR count). The molecule has 3 aromatic carbocycles. The Morgan fingerprint density at radius 3 is 1.77 bits per heavy atom. The fourth-order valence-electron chi connectivity index (χ4n) is 4.72. The Bertz CT molecular complexity index is 1050. The first-order valence-corrected chi connectivity index (χ1v) is 8.88. The minimum Gasteiger partial charge on any atom is -0.355 e. The second-order valence-electron chi connectivity index (χ2n) is 6.75. The Labute approximate surface area is 154 Å². The quantitative estimate of drug-likeness (QED) is 0.601. The molecule has 1 aliphatic carbocycles. The highest BCUT2D eigenvalue weighted by molar-refractivity contribution is 5.90. The van der Waals surface area contributed by atoms with Crippen LogP contribution in [0.1, 0.15) is 16.7 Å². The van der Waals surface area contributed by atoms with Crippen LogP contribution in [0, 0.1) is 0 Å². The van der Waals surface area contributed by atoms with E-state index < -0.39 is 0 Å². The standard InChI is InChI=1S/C25H19N/c1-3-19-23(4-2)26-24-16-10-9-15-22(24)25(19)20-13-7-5-11-17(20)18-12-6-8-14-21(18)25/h3-16,26H,1-2H2. The molecule has 0 amide bonds. The molecule has 0 aromatic heterocycles. The van der Waals surface area contributed by atoms with Gasteiger partial charge in [-0.15, -0.1) is 0 Å². The highest BCUT2D eigenvalue weighted by Crippen LogP contribution is 2.59. The third kappa shape index (κ3) is 1.65. The van der Waals surface area contributed by atoms with Crippen LogP contribution in [0.2, 0.25) is 0 Å². The molecule has 26 heavy (non-hydrogen) atoms. The minimum absolute atomic E-state index is 0.361. The number of para-hydroxylation sites is 1. The first-order valence-electron chi connectivity index (χ1n) is 8.88. The van der Waals surface area contributed by atoms with Crippen LogP contribution >= 0.6 is 0 Å². The number of fused-ring (bicyclic) bond motifs is 7. The van der Waals surface area contributed by atoms with E-state index in [4.69, 9.17) is 0 Å². The molecule has 124 valence electrons. The highest BCUT2D eigenvalue weighted by Gasteiger charge is 2.49. The zero-order chi connectivity index (χ0) is 17.7. The van der Waals surface area contributed by atoms with Crippen LogP contribution in [-0.4, -0.2) is 0 Å². The zero-order valence-corrected chi connectivity index (χ0v) is 14.5. The molecule has 0 saturated carbocycles. The van der Waals surface area contributed by atoms with Gasteiger partial charge in [-0.1, -0.05) is 86.0 Å². The van der Waals surface area contributed by atoms with Crippen molar-refractivity contribution in [3.63, 3.8) is 0 Å². The van der Waals surface area contributed by atoms with Gasteiger partial charge in [0.05, 0.1) is 5.41 Å². The lowest BCUT2D eigenvalue weighted by molar-refractivity contribution is 0.751. The number of hydrogen-bond donors (Lipinski definition) is 1. The van der Waals surface area contributed by atoms with Gasteiger partial charge in [-0.25, -0.2) is 0 Å². The summed E-state index contributed by atoms with van der Waals surface area (Å²) in [6.07, 6.45) is 3.89. The predicted octanol–water partition coefficient (Wildman–Crippen LogP) is 6.05. The van der Waals surface area contributed by atoms with E-state index in [2.05, 4.69) is 91.3 Å². The summed E-state index contributed by atoms with van der Waals surface area (Å²) in [6, 6.07) is 26.0. The van der Waals surface area contributed by atoms with E-state index in [0.717, 1.165) is 17.0 Å². The number of allylic oxidation sites excluding steroid dienone is 3. The Kier molecular flexibility index (Phi) is 3.07. The van der Waals surface area contributed by atoms with E-state index in [1.165, 1.54) is 27.8 Å². The van der Waals surface area contributed by atoms with E-state index in [1.807, 2.05) is 12.2 Å². The summed E-state index contributed by atoms with van der Waals surface area (Å²) in [6.45, 7) is 8.23. The summed E-state index contributed by atoms with van der Waals surface area (Å²) in [5.74, 6) is 0. The number of hydrogen-bond acceptors (Lipinski definition) is 1. The Morgan fingerprint density at radius 2 is 1.19 bits per heavy atom. The van der Waals surface area contributed by atoms with E-state index in [-0.39, 0.29) is 5.41 Å². The predicted molar refractivity (Wildman–Crippen MR) is 109 cm³/mol. The second kappa shape index (κ2) is 5.34. The molecule has 1 nitrogen and oxygen atoms in total. The first kappa shape index (κ1) is 15.0. The van der Waals surface area contributed by atoms with Crippen molar-refractivity contribution in [3.8, 4) is 11.1 Å². The average Bonchev–Trinajstić information content (AvgIpc) is 3.00. The second-order valence-corrected chi connectivity index (χ2v) is 6.75. The van der Waals surface area contributed by atoms with Crippen LogP contribution < -0.4 is 5.32 Å². The topological polar surface area (TPSA) is 12.0 Å². The van der Waals surface area contributed by atoms with E-state index in [0.29, 0.717) is 0 Å². The van der Waals surface area contributed by atoms with Crippen molar-refractivity contribution in [1.82, 2.24) is 0 Å². The molecule has 2 aliphatic rings. The lowest BCUT2D eigenvalue weighted by atomic mass is 9.64. The third-order valence-corrected chi connectivity index (χ3v) is 5.66. The molecule has 3 aromatic rings. The number of benzene rings is 3. The van der Waals surface area contributed by atoms with Crippen molar-refractivity contribution < 1.29 is 0 Å². The number of rotatable bonds is 2. The molecule has 1 heterocycles. The third-order valence-electron chi connectivity index (χ3n) is 5.66. The molecule has 0 fully saturated rings. The van der Waals surface area contributed by atoms with Gasteiger partial charge in [-0.05, 0) is 45.5 Å². The van der Waals surface area contributed by atoms with Crippen LogP contribution in [0.4, 0.5) is 5.69 Å². The molecular weight excluding hydrogens is 314 g/mol. The van der Waals surface area contributed by atoms with Gasteiger partial charge in [-0.3, -0.25) is 0 Å². The fourth-order valence-corrected chi connectivity index (χ4v) is 4.72. The Morgan fingerprint density at radius 1 is 0.654 bits per heavy atom. The summed E-state index contributed by atoms with van der Waals surface area (Å²) in [5, 5.41) is 3.55. The van der Waals surface area contributed by atoms with Crippen molar-refractivity contribution in [2.24, 2.45) is 0 Å². The Hall–Kier alpha value is -3.32. The van der Waals surface area contributed by atoms with Gasteiger partial charge in [0.1, 0.15) is 0 Å². The van der Waals surface area contributed by atoms with Gasteiger partial charge in [0, 0.05) is 11.4 Å². The molecule has 0 unspecified atom stereocenters. The summed E-state index contributed by atoms with van der Waals surface area (Å²) < 4.78 is 0. The molecule has 0 saturated heterocycles. The monoisotopic (exact) mass is 333 g/mol. The fraction of sp³-hybridized carbons (Fsp3) is 0.0400. The molecule has 0 atom stereocenters. The van der Waals surface area contributed by atoms with Crippen LogP contribution in [0.15, 0.2) is 109 Å². The van der Waals surface area contributed by atoms with Crippen molar-refractivity contribution in [2.45, 2.75) is 5.41 Å². The normalized spacial score (nSPS) is 15.7. The molecular formula is C25H19N.